The molecule has 2 unspecified atom stereocenters. The minimum atomic E-state index is -0.291. The maximum Gasteiger partial charge on any atom is 0.255 e. The third-order valence-corrected chi connectivity index (χ3v) is 6.26. The number of hydrogen-bond donors (Lipinski definition) is 2. The number of amides is 1. The maximum absolute atomic E-state index is 13.2. The predicted octanol–water partition coefficient (Wildman–Crippen LogP) is 3.69. The fourth-order valence-corrected chi connectivity index (χ4v) is 5.05. The van der Waals surface area contributed by atoms with E-state index in [9.17, 15) is 9.18 Å². The van der Waals surface area contributed by atoms with Crippen LogP contribution in [0.15, 0.2) is 24.3 Å². The van der Waals surface area contributed by atoms with Crippen molar-refractivity contribution in [2.24, 2.45) is 17.6 Å². The Labute approximate surface area is 171 Å². The van der Waals surface area contributed by atoms with Gasteiger partial charge < -0.3 is 11.1 Å². The predicted molar refractivity (Wildman–Crippen MR) is 110 cm³/mol. The number of fused-ring (bicyclic) bond motifs is 2. The average Bonchev–Trinajstić information content (AvgIpc) is 2.91. The third kappa shape index (κ3) is 3.80. The van der Waals surface area contributed by atoms with E-state index in [1.807, 2.05) is 13.8 Å². The molecule has 2 atom stereocenters. The van der Waals surface area contributed by atoms with Crippen LogP contribution < -0.4 is 11.1 Å². The highest BCUT2D eigenvalue weighted by molar-refractivity contribution is 5.96. The van der Waals surface area contributed by atoms with Crippen LogP contribution in [0.4, 0.5) is 4.39 Å². The number of hydrogen-bond acceptors (Lipinski definition) is 3. The lowest BCUT2D eigenvalue weighted by Crippen LogP contribution is -2.53. The number of halogens is 2. The molecule has 2 saturated carbocycles. The van der Waals surface area contributed by atoms with Crippen molar-refractivity contribution in [3.63, 3.8) is 0 Å². The number of aryl methyl sites for hydroxylation is 1. The second-order valence-corrected chi connectivity index (χ2v) is 8.12. The summed E-state index contributed by atoms with van der Waals surface area (Å²) in [4.78, 5) is 13.1. The van der Waals surface area contributed by atoms with Crippen molar-refractivity contribution in [2.75, 3.05) is 0 Å². The summed E-state index contributed by atoms with van der Waals surface area (Å²) in [7, 11) is 0. The Morgan fingerprint density at radius 2 is 1.79 bits per heavy atom. The normalized spacial score (nSPS) is 26.4. The molecule has 1 aromatic carbocycles. The highest BCUT2D eigenvalue weighted by Gasteiger charge is 2.40. The second kappa shape index (κ2) is 8.21. The highest BCUT2D eigenvalue weighted by Crippen LogP contribution is 2.39. The Hall–Kier alpha value is -1.92. The summed E-state index contributed by atoms with van der Waals surface area (Å²) in [6, 6.07) is 6.61. The summed E-state index contributed by atoms with van der Waals surface area (Å²) in [5.41, 5.74) is 9.03. The molecule has 2 aliphatic rings. The summed E-state index contributed by atoms with van der Waals surface area (Å²) in [6.07, 6.45) is 5.50. The van der Waals surface area contributed by atoms with Gasteiger partial charge in [-0.2, -0.15) is 5.10 Å². The maximum atomic E-state index is 13.2. The molecule has 0 radical (unpaired) electrons. The smallest absolute Gasteiger partial charge is 0.255 e. The molecule has 152 valence electrons. The number of carbonyl (C=O) groups is 1. The lowest BCUT2D eigenvalue weighted by Gasteiger charge is -2.45. The molecule has 1 amide bonds. The molecule has 28 heavy (non-hydrogen) atoms. The first kappa shape index (κ1) is 20.8. The van der Waals surface area contributed by atoms with Crippen LogP contribution in [0, 0.1) is 31.5 Å². The first-order valence-corrected chi connectivity index (χ1v) is 9.82. The molecule has 1 heterocycles. The largest absolute Gasteiger partial charge is 0.349 e. The van der Waals surface area contributed by atoms with Crippen molar-refractivity contribution in [3.8, 4) is 5.69 Å². The van der Waals surface area contributed by atoms with E-state index in [0.29, 0.717) is 23.1 Å². The molecule has 3 N–H and O–H groups in total. The summed E-state index contributed by atoms with van der Waals surface area (Å²) >= 11 is 0. The van der Waals surface area contributed by atoms with E-state index in [1.165, 1.54) is 18.6 Å². The van der Waals surface area contributed by atoms with E-state index in [1.54, 1.807) is 16.8 Å². The monoisotopic (exact) mass is 406 g/mol. The van der Waals surface area contributed by atoms with Crippen LogP contribution >= 0.6 is 12.4 Å². The lowest BCUT2D eigenvalue weighted by atomic mass is 9.67. The Morgan fingerprint density at radius 1 is 1.18 bits per heavy atom. The van der Waals surface area contributed by atoms with Crippen molar-refractivity contribution < 1.29 is 9.18 Å². The molecule has 5 nitrogen and oxygen atoms in total. The summed E-state index contributed by atoms with van der Waals surface area (Å²) < 4.78 is 14.9. The number of nitrogens with one attached hydrogen (secondary N) is 1. The zero-order valence-electron chi connectivity index (χ0n) is 16.3. The van der Waals surface area contributed by atoms with Gasteiger partial charge in [0.15, 0.2) is 0 Å². The summed E-state index contributed by atoms with van der Waals surface area (Å²) in [6.45, 7) is 3.73. The van der Waals surface area contributed by atoms with Crippen LogP contribution in [0.25, 0.3) is 5.69 Å². The van der Waals surface area contributed by atoms with Crippen molar-refractivity contribution in [1.82, 2.24) is 15.1 Å². The number of aromatic nitrogens is 2. The van der Waals surface area contributed by atoms with Gasteiger partial charge in [-0.1, -0.05) is 6.42 Å². The average molecular weight is 407 g/mol. The second-order valence-electron chi connectivity index (χ2n) is 8.12. The zero-order chi connectivity index (χ0) is 19.1. The molecular weight excluding hydrogens is 379 g/mol. The van der Waals surface area contributed by atoms with E-state index in [-0.39, 0.29) is 36.2 Å². The van der Waals surface area contributed by atoms with Crippen LogP contribution in [-0.2, 0) is 0 Å². The molecule has 0 saturated heterocycles. The van der Waals surface area contributed by atoms with Crippen molar-refractivity contribution >= 4 is 18.3 Å². The van der Waals surface area contributed by atoms with Crippen LogP contribution in [0.1, 0.15) is 53.8 Å². The highest BCUT2D eigenvalue weighted by atomic mass is 35.5. The van der Waals surface area contributed by atoms with Gasteiger partial charge >= 0.3 is 0 Å². The van der Waals surface area contributed by atoms with Crippen LogP contribution in [0.3, 0.4) is 0 Å². The van der Waals surface area contributed by atoms with E-state index < -0.39 is 0 Å². The molecule has 0 spiro atoms. The fourth-order valence-electron chi connectivity index (χ4n) is 5.05. The number of carbonyl (C=O) groups excluding carboxylic acids is 1. The van der Waals surface area contributed by atoms with E-state index in [0.717, 1.165) is 37.1 Å². The van der Waals surface area contributed by atoms with Crippen molar-refractivity contribution in [2.45, 2.75) is 58.0 Å². The van der Waals surface area contributed by atoms with Gasteiger partial charge in [0, 0.05) is 12.1 Å². The lowest BCUT2D eigenvalue weighted by molar-refractivity contribution is 0.0755. The Bertz CT molecular complexity index is 837. The molecule has 0 aliphatic heterocycles. The van der Waals surface area contributed by atoms with Gasteiger partial charge in [-0.25, -0.2) is 9.07 Å². The minimum absolute atomic E-state index is 0. The molecule has 1 aromatic heterocycles. The Morgan fingerprint density at radius 3 is 2.39 bits per heavy atom. The summed E-state index contributed by atoms with van der Waals surface area (Å²) in [5.74, 6) is 0.601. The van der Waals surface area contributed by atoms with E-state index >= 15 is 0 Å². The van der Waals surface area contributed by atoms with Gasteiger partial charge in [0.25, 0.3) is 5.91 Å². The molecule has 2 aliphatic carbocycles. The van der Waals surface area contributed by atoms with E-state index in [4.69, 9.17) is 5.73 Å². The number of benzene rings is 1. The van der Waals surface area contributed by atoms with Gasteiger partial charge in [-0.15, -0.1) is 12.4 Å². The third-order valence-electron chi connectivity index (χ3n) is 6.26. The number of nitrogens with two attached hydrogens (primary N) is 1. The van der Waals surface area contributed by atoms with Gasteiger partial charge in [0.2, 0.25) is 0 Å². The van der Waals surface area contributed by atoms with Crippen molar-refractivity contribution in [1.29, 1.82) is 0 Å². The SMILES string of the molecule is Cc1nn(-c2ccc(F)cc2)c(C)c1C(=O)NC1C2CCCC1CC(N)C2.Cl. The topological polar surface area (TPSA) is 72.9 Å². The molecule has 2 bridgehead atoms. The summed E-state index contributed by atoms with van der Waals surface area (Å²) in [5, 5.41) is 7.83. The Balaban J connectivity index is 0.00000225. The molecule has 2 fully saturated rings. The number of rotatable bonds is 3. The van der Waals surface area contributed by atoms with Gasteiger partial charge in [-0.3, -0.25) is 4.79 Å². The first-order chi connectivity index (χ1) is 12.9. The zero-order valence-corrected chi connectivity index (χ0v) is 17.1. The number of nitrogens with zero attached hydrogens (tertiary/aromatic N) is 2. The van der Waals surface area contributed by atoms with Crippen LogP contribution in [-0.4, -0.2) is 27.8 Å². The minimum Gasteiger partial charge on any atom is -0.349 e. The van der Waals surface area contributed by atoms with Gasteiger partial charge in [0.05, 0.1) is 22.6 Å². The quantitative estimate of drug-likeness (QED) is 0.816. The van der Waals surface area contributed by atoms with E-state index in [2.05, 4.69) is 10.4 Å². The van der Waals surface area contributed by atoms with Gasteiger partial charge in [0.1, 0.15) is 5.82 Å². The molecule has 7 heteroatoms. The molecular formula is C21H28ClFN4O. The molecule has 4 rings (SSSR count). The Kier molecular flexibility index (Phi) is 6.10. The fraction of sp³-hybridized carbons (Fsp3) is 0.524. The van der Waals surface area contributed by atoms with Gasteiger partial charge in [-0.05, 0) is 75.6 Å². The molecule has 2 aromatic rings. The standard InChI is InChI=1S/C21H27FN4O.ClH/c1-12-19(13(2)26(25-12)18-8-6-16(22)7-9-18)21(27)24-20-14-4-3-5-15(20)11-17(23)10-14;/h6-9,14-15,17,20H,3-5,10-11,23H2,1-2H3,(H,24,27);1H. The van der Waals surface area contributed by atoms with Crippen molar-refractivity contribution in [3.05, 3.63) is 47.0 Å². The van der Waals surface area contributed by atoms with Crippen LogP contribution in [0.2, 0.25) is 0 Å². The first-order valence-electron chi connectivity index (χ1n) is 9.82. The van der Waals surface area contributed by atoms with Crippen LogP contribution in [0.5, 0.6) is 0 Å².